The first kappa shape index (κ1) is 12.9. The lowest BCUT2D eigenvalue weighted by Gasteiger charge is -2.16. The minimum absolute atomic E-state index is 0.185. The maximum absolute atomic E-state index is 11.9. The molecule has 0 spiro atoms. The molecular weight excluding hydrogens is 198 g/mol. The molecule has 0 bridgehead atoms. The highest BCUT2D eigenvalue weighted by Crippen LogP contribution is 2.26. The van der Waals surface area contributed by atoms with Crippen LogP contribution in [0.2, 0.25) is 0 Å². The van der Waals surface area contributed by atoms with Crippen LogP contribution < -0.4 is 5.32 Å². The lowest BCUT2D eigenvalue weighted by Crippen LogP contribution is -2.20. The predicted octanol–water partition coefficient (Wildman–Crippen LogP) is 2.99. The van der Waals surface area contributed by atoms with Gasteiger partial charge in [-0.15, -0.1) is 0 Å². The minimum atomic E-state index is 0.185. The molecule has 2 heteroatoms. The van der Waals surface area contributed by atoms with E-state index in [2.05, 4.69) is 25.2 Å². The van der Waals surface area contributed by atoms with Gasteiger partial charge in [0.2, 0.25) is 0 Å². The molecule has 0 atom stereocenters. The van der Waals surface area contributed by atoms with Gasteiger partial charge in [-0.3, -0.25) is 4.79 Å². The Labute approximate surface area is 98.1 Å². The fourth-order valence-electron chi connectivity index (χ4n) is 2.09. The van der Waals surface area contributed by atoms with Crippen molar-refractivity contribution in [1.29, 1.82) is 0 Å². The molecule has 0 amide bonds. The summed E-state index contributed by atoms with van der Waals surface area (Å²) in [6, 6.07) is 7.98. The zero-order valence-corrected chi connectivity index (χ0v) is 10.4. The first-order valence-electron chi connectivity index (χ1n) is 6.01. The van der Waals surface area contributed by atoms with Crippen LogP contribution in [0.25, 0.3) is 0 Å². The van der Waals surface area contributed by atoms with Gasteiger partial charge in [0.15, 0.2) is 5.78 Å². The van der Waals surface area contributed by atoms with Crippen molar-refractivity contribution in [2.24, 2.45) is 0 Å². The van der Waals surface area contributed by atoms with Crippen molar-refractivity contribution in [3.8, 4) is 0 Å². The number of Topliss-reactive ketones (excluding diaryl/α,β-unsaturated/α-hetero) is 1. The molecule has 0 aliphatic carbocycles. The molecule has 0 aliphatic heterocycles. The Morgan fingerprint density at radius 1 is 1.25 bits per heavy atom. The monoisotopic (exact) mass is 219 g/mol. The SMILES string of the molecule is CCC(CC)c1ccccc1C(=O)CNC. The van der Waals surface area contributed by atoms with Crippen LogP contribution in [0.5, 0.6) is 0 Å². The third-order valence-electron chi connectivity index (χ3n) is 3.02. The van der Waals surface area contributed by atoms with Crippen molar-refractivity contribution in [3.05, 3.63) is 35.4 Å². The highest BCUT2D eigenvalue weighted by molar-refractivity contribution is 5.99. The minimum Gasteiger partial charge on any atom is -0.313 e. The Hall–Kier alpha value is -1.15. The molecule has 0 saturated carbocycles. The highest BCUT2D eigenvalue weighted by Gasteiger charge is 2.15. The predicted molar refractivity (Wildman–Crippen MR) is 68.0 cm³/mol. The van der Waals surface area contributed by atoms with Crippen molar-refractivity contribution in [2.75, 3.05) is 13.6 Å². The van der Waals surface area contributed by atoms with Crippen LogP contribution in [0.4, 0.5) is 0 Å². The lowest BCUT2D eigenvalue weighted by molar-refractivity contribution is 0.0992. The highest BCUT2D eigenvalue weighted by atomic mass is 16.1. The van der Waals surface area contributed by atoms with Gasteiger partial charge >= 0.3 is 0 Å². The van der Waals surface area contributed by atoms with Crippen molar-refractivity contribution in [2.45, 2.75) is 32.6 Å². The summed E-state index contributed by atoms with van der Waals surface area (Å²) >= 11 is 0. The largest absolute Gasteiger partial charge is 0.313 e. The van der Waals surface area contributed by atoms with E-state index in [9.17, 15) is 4.79 Å². The van der Waals surface area contributed by atoms with Crippen LogP contribution in [0.1, 0.15) is 48.5 Å². The van der Waals surface area contributed by atoms with E-state index in [-0.39, 0.29) is 5.78 Å². The molecular formula is C14H21NO. The molecule has 0 aromatic heterocycles. The topological polar surface area (TPSA) is 29.1 Å². The first-order chi connectivity index (χ1) is 7.74. The zero-order valence-electron chi connectivity index (χ0n) is 10.4. The van der Waals surface area contributed by atoms with Crippen LogP contribution >= 0.6 is 0 Å². The summed E-state index contributed by atoms with van der Waals surface area (Å²) in [6.07, 6.45) is 2.17. The second-order valence-electron chi connectivity index (χ2n) is 4.05. The number of ketones is 1. The van der Waals surface area contributed by atoms with Gasteiger partial charge in [0.25, 0.3) is 0 Å². The van der Waals surface area contributed by atoms with Crippen LogP contribution in [-0.2, 0) is 0 Å². The molecule has 0 radical (unpaired) electrons. The third-order valence-corrected chi connectivity index (χ3v) is 3.02. The standard InChI is InChI=1S/C14H21NO/c1-4-11(5-2)12-8-6-7-9-13(12)14(16)10-15-3/h6-9,11,15H,4-5,10H2,1-3H3. The number of benzene rings is 1. The zero-order chi connectivity index (χ0) is 12.0. The molecule has 1 aromatic carbocycles. The number of hydrogen-bond acceptors (Lipinski definition) is 2. The van der Waals surface area contributed by atoms with Crippen molar-refractivity contribution in [1.82, 2.24) is 5.32 Å². The summed E-state index contributed by atoms with van der Waals surface area (Å²) in [5, 5.41) is 2.92. The number of likely N-dealkylation sites (N-methyl/N-ethyl adjacent to an activating group) is 1. The Morgan fingerprint density at radius 2 is 1.88 bits per heavy atom. The summed E-state index contributed by atoms with van der Waals surface area (Å²) < 4.78 is 0. The van der Waals surface area contributed by atoms with Gasteiger partial charge in [-0.25, -0.2) is 0 Å². The molecule has 1 aromatic rings. The Balaban J connectivity index is 3.03. The average Bonchev–Trinajstić information content (AvgIpc) is 2.31. The van der Waals surface area contributed by atoms with E-state index >= 15 is 0 Å². The molecule has 1 N–H and O–H groups in total. The van der Waals surface area contributed by atoms with Gasteiger partial charge in [0.1, 0.15) is 0 Å². The Morgan fingerprint density at radius 3 is 2.44 bits per heavy atom. The molecule has 1 rings (SSSR count). The number of rotatable bonds is 6. The van der Waals surface area contributed by atoms with E-state index in [0.717, 1.165) is 18.4 Å². The number of carbonyl (C=O) groups is 1. The number of hydrogen-bond donors (Lipinski definition) is 1. The van der Waals surface area contributed by atoms with Crippen molar-refractivity contribution < 1.29 is 4.79 Å². The molecule has 0 unspecified atom stereocenters. The van der Waals surface area contributed by atoms with Crippen LogP contribution in [0, 0.1) is 0 Å². The first-order valence-corrected chi connectivity index (χ1v) is 6.01. The molecule has 88 valence electrons. The molecule has 2 nitrogen and oxygen atoms in total. The van der Waals surface area contributed by atoms with Crippen molar-refractivity contribution in [3.63, 3.8) is 0 Å². The van der Waals surface area contributed by atoms with Crippen LogP contribution in [-0.4, -0.2) is 19.4 Å². The smallest absolute Gasteiger partial charge is 0.176 e. The van der Waals surface area contributed by atoms with Gasteiger partial charge < -0.3 is 5.32 Å². The lowest BCUT2D eigenvalue weighted by atomic mass is 9.88. The van der Waals surface area contributed by atoms with Gasteiger partial charge in [0, 0.05) is 5.56 Å². The van der Waals surface area contributed by atoms with E-state index in [0.29, 0.717) is 12.5 Å². The Bertz CT molecular complexity index is 342. The van der Waals surface area contributed by atoms with E-state index in [1.165, 1.54) is 5.56 Å². The summed E-state index contributed by atoms with van der Waals surface area (Å²) in [6.45, 7) is 4.76. The van der Waals surface area contributed by atoms with Gasteiger partial charge in [0.05, 0.1) is 6.54 Å². The van der Waals surface area contributed by atoms with Gasteiger partial charge in [-0.2, -0.15) is 0 Å². The maximum Gasteiger partial charge on any atom is 0.176 e. The average molecular weight is 219 g/mol. The fraction of sp³-hybridized carbons (Fsp3) is 0.500. The van der Waals surface area contributed by atoms with Gasteiger partial charge in [-0.1, -0.05) is 38.1 Å². The van der Waals surface area contributed by atoms with Crippen LogP contribution in [0.15, 0.2) is 24.3 Å². The number of nitrogens with one attached hydrogen (secondary N) is 1. The van der Waals surface area contributed by atoms with E-state index < -0.39 is 0 Å². The Kier molecular flexibility index (Phi) is 5.20. The van der Waals surface area contributed by atoms with E-state index in [1.54, 1.807) is 7.05 Å². The maximum atomic E-state index is 11.9. The third kappa shape index (κ3) is 2.92. The summed E-state index contributed by atoms with van der Waals surface area (Å²) in [5.74, 6) is 0.682. The van der Waals surface area contributed by atoms with Crippen molar-refractivity contribution >= 4 is 5.78 Å². The molecule has 0 fully saturated rings. The molecule has 16 heavy (non-hydrogen) atoms. The van der Waals surface area contributed by atoms with E-state index in [1.807, 2.05) is 18.2 Å². The summed E-state index contributed by atoms with van der Waals surface area (Å²) in [5.41, 5.74) is 2.08. The summed E-state index contributed by atoms with van der Waals surface area (Å²) in [7, 11) is 1.80. The quantitative estimate of drug-likeness (QED) is 0.745. The normalized spacial score (nSPS) is 10.8. The summed E-state index contributed by atoms with van der Waals surface area (Å²) in [4.78, 5) is 11.9. The molecule has 0 heterocycles. The fourth-order valence-corrected chi connectivity index (χ4v) is 2.09. The second-order valence-corrected chi connectivity index (χ2v) is 4.05. The van der Waals surface area contributed by atoms with E-state index in [4.69, 9.17) is 0 Å². The second kappa shape index (κ2) is 6.44. The van der Waals surface area contributed by atoms with Crippen LogP contribution in [0.3, 0.4) is 0 Å². The van der Waals surface area contributed by atoms with Gasteiger partial charge in [-0.05, 0) is 31.4 Å². The molecule has 0 saturated heterocycles. The number of carbonyl (C=O) groups excluding carboxylic acids is 1. The molecule has 0 aliphatic rings.